The molecule has 45 heavy (non-hydrogen) atoms. The first-order valence-corrected chi connectivity index (χ1v) is 15.6. The Morgan fingerprint density at radius 3 is 2.60 bits per heavy atom. The predicted molar refractivity (Wildman–Crippen MR) is 186 cm³/mol. The highest BCUT2D eigenvalue weighted by atomic mass is 16.3. The van der Waals surface area contributed by atoms with Crippen LogP contribution in [0.4, 0.5) is 0 Å². The number of hydrogen-bond acceptors (Lipinski definition) is 4. The normalized spacial score (nSPS) is 17.5. The van der Waals surface area contributed by atoms with Crippen LogP contribution in [0.1, 0.15) is 42.8 Å². The molecule has 0 saturated heterocycles. The van der Waals surface area contributed by atoms with Gasteiger partial charge in [-0.2, -0.15) is 0 Å². The van der Waals surface area contributed by atoms with Gasteiger partial charge in [0.05, 0.1) is 0 Å². The Morgan fingerprint density at radius 2 is 1.71 bits per heavy atom. The lowest BCUT2D eigenvalue weighted by atomic mass is 9.92. The van der Waals surface area contributed by atoms with Gasteiger partial charge >= 0.3 is 0 Å². The fourth-order valence-electron chi connectivity index (χ4n) is 6.06. The van der Waals surface area contributed by atoms with Gasteiger partial charge in [0.25, 0.3) is 0 Å². The van der Waals surface area contributed by atoms with Gasteiger partial charge in [-0.05, 0) is 55.9 Å². The van der Waals surface area contributed by atoms with Gasteiger partial charge in [-0.15, -0.1) is 0 Å². The molecule has 0 fully saturated rings. The Balaban J connectivity index is 1.21. The molecule has 3 aliphatic carbocycles. The highest BCUT2D eigenvalue weighted by molar-refractivity contribution is 5.97. The van der Waals surface area contributed by atoms with Crippen LogP contribution in [0.3, 0.4) is 0 Å². The smallest absolute Gasteiger partial charge is 0.164 e. The Kier molecular flexibility index (Phi) is 8.03. The third kappa shape index (κ3) is 6.18. The number of allylic oxidation sites excluding steroid dienone is 16. The molecular formula is C41H35N3O. The van der Waals surface area contributed by atoms with Gasteiger partial charge < -0.3 is 4.42 Å². The zero-order valence-electron chi connectivity index (χ0n) is 25.5. The highest BCUT2D eigenvalue weighted by Crippen LogP contribution is 2.36. The third-order valence-corrected chi connectivity index (χ3v) is 8.50. The van der Waals surface area contributed by atoms with E-state index in [1.54, 1.807) is 0 Å². The van der Waals surface area contributed by atoms with Gasteiger partial charge in [0, 0.05) is 33.6 Å². The van der Waals surface area contributed by atoms with Crippen LogP contribution in [0.2, 0.25) is 0 Å². The van der Waals surface area contributed by atoms with Crippen LogP contribution < -0.4 is 0 Å². The molecule has 1 atom stereocenters. The molecule has 0 radical (unpaired) electrons. The summed E-state index contributed by atoms with van der Waals surface area (Å²) in [6.07, 6.45) is 31.8. The first-order valence-electron chi connectivity index (χ1n) is 15.6. The second-order valence-corrected chi connectivity index (χ2v) is 11.7. The SMILES string of the molecule is C=C(C/C=C\c1oc2cccc(-c3nc(C4=CC=CCC=C4)nc(-c4ccccc4)n3)c2c1C)C1C=C2C=CC=CC(=CC1)C2. The molecule has 2 bridgehead atoms. The molecule has 3 aliphatic rings. The van der Waals surface area contributed by atoms with Crippen molar-refractivity contribution in [3.8, 4) is 22.8 Å². The summed E-state index contributed by atoms with van der Waals surface area (Å²) in [7, 11) is 0. The van der Waals surface area contributed by atoms with E-state index in [1.165, 1.54) is 16.7 Å². The van der Waals surface area contributed by atoms with Gasteiger partial charge in [0.15, 0.2) is 17.5 Å². The molecule has 4 heteroatoms. The average molecular weight is 586 g/mol. The van der Waals surface area contributed by atoms with E-state index in [0.717, 1.165) is 64.7 Å². The minimum Gasteiger partial charge on any atom is -0.456 e. The van der Waals surface area contributed by atoms with Crippen molar-refractivity contribution in [1.29, 1.82) is 0 Å². The van der Waals surface area contributed by atoms with E-state index in [2.05, 4.69) is 98.6 Å². The number of benzene rings is 2. The lowest BCUT2D eigenvalue weighted by Gasteiger charge is -2.12. The molecule has 2 aromatic heterocycles. The molecule has 4 aromatic rings. The van der Waals surface area contributed by atoms with E-state index in [1.807, 2.05) is 42.5 Å². The number of aryl methyl sites for hydroxylation is 1. The summed E-state index contributed by atoms with van der Waals surface area (Å²) in [6.45, 7) is 6.57. The largest absolute Gasteiger partial charge is 0.456 e. The summed E-state index contributed by atoms with van der Waals surface area (Å²) in [5, 5.41) is 1.01. The quantitative estimate of drug-likeness (QED) is 0.203. The summed E-state index contributed by atoms with van der Waals surface area (Å²) in [5.41, 5.74) is 8.65. The minimum atomic E-state index is 0.326. The van der Waals surface area contributed by atoms with Crippen LogP contribution in [0.5, 0.6) is 0 Å². The zero-order chi connectivity index (χ0) is 30.6. The van der Waals surface area contributed by atoms with Crippen molar-refractivity contribution in [2.75, 3.05) is 0 Å². The van der Waals surface area contributed by atoms with E-state index >= 15 is 0 Å². The topological polar surface area (TPSA) is 51.8 Å². The van der Waals surface area contributed by atoms with Crippen LogP contribution in [-0.4, -0.2) is 15.0 Å². The molecule has 220 valence electrons. The fraction of sp³-hybridized carbons (Fsp3) is 0.146. The van der Waals surface area contributed by atoms with Crippen LogP contribution in [0.15, 0.2) is 149 Å². The molecule has 0 saturated carbocycles. The Labute approximate surface area is 264 Å². The molecule has 7 rings (SSSR count). The maximum Gasteiger partial charge on any atom is 0.164 e. The van der Waals surface area contributed by atoms with Gasteiger partial charge in [-0.1, -0.05) is 128 Å². The van der Waals surface area contributed by atoms with Crippen LogP contribution in [0.25, 0.3) is 45.4 Å². The number of fused-ring (bicyclic) bond motifs is 3. The Morgan fingerprint density at radius 1 is 0.889 bits per heavy atom. The van der Waals surface area contributed by atoms with Crippen LogP contribution in [-0.2, 0) is 0 Å². The molecule has 0 aliphatic heterocycles. The van der Waals surface area contributed by atoms with Gasteiger partial charge in [0.2, 0.25) is 0 Å². The molecule has 0 N–H and O–H groups in total. The maximum atomic E-state index is 6.40. The van der Waals surface area contributed by atoms with Crippen molar-refractivity contribution in [2.45, 2.75) is 32.6 Å². The van der Waals surface area contributed by atoms with Crippen LogP contribution >= 0.6 is 0 Å². The number of rotatable bonds is 7. The molecule has 2 aromatic carbocycles. The van der Waals surface area contributed by atoms with Crippen molar-refractivity contribution in [1.82, 2.24) is 15.0 Å². The maximum absolute atomic E-state index is 6.40. The Bertz CT molecular complexity index is 2030. The molecule has 0 spiro atoms. The first kappa shape index (κ1) is 28.4. The lowest BCUT2D eigenvalue weighted by Crippen LogP contribution is -2.02. The lowest BCUT2D eigenvalue weighted by molar-refractivity contribution is 0.601. The standard InChI is InChI=1S/C41H35N3O/c1-28(34-25-24-30-15-10-11-16-31(26-30)27-34)14-12-22-36-29(2)38-35(21-13-23-37(38)45-36)41-43-39(32-17-6-3-4-7-18-32)42-40(44-41)33-19-8-5-9-20-33/h3,5-13,15-24,27,34H,1,4,14,25-26H2,2H3/b22-12-. The summed E-state index contributed by atoms with van der Waals surface area (Å²) in [5.74, 6) is 3.08. The summed E-state index contributed by atoms with van der Waals surface area (Å²) in [4.78, 5) is 14.9. The number of hydrogen-bond donors (Lipinski definition) is 0. The molecule has 1 unspecified atom stereocenters. The molecule has 0 amide bonds. The van der Waals surface area contributed by atoms with Crippen molar-refractivity contribution in [3.05, 3.63) is 162 Å². The summed E-state index contributed by atoms with van der Waals surface area (Å²) < 4.78 is 6.40. The van der Waals surface area contributed by atoms with Gasteiger partial charge in [0.1, 0.15) is 11.3 Å². The number of furan rings is 1. The number of aromatic nitrogens is 3. The molecule has 4 nitrogen and oxygen atoms in total. The fourth-order valence-corrected chi connectivity index (χ4v) is 6.06. The van der Waals surface area contributed by atoms with Crippen molar-refractivity contribution < 1.29 is 4.42 Å². The number of nitrogens with zero attached hydrogens (tertiary/aromatic N) is 3. The second kappa shape index (κ2) is 12.7. The highest BCUT2D eigenvalue weighted by Gasteiger charge is 2.19. The van der Waals surface area contributed by atoms with Gasteiger partial charge in [-0.25, -0.2) is 15.0 Å². The van der Waals surface area contributed by atoms with E-state index in [0.29, 0.717) is 23.4 Å². The van der Waals surface area contributed by atoms with Crippen LogP contribution in [0, 0.1) is 12.8 Å². The third-order valence-electron chi connectivity index (χ3n) is 8.50. The van der Waals surface area contributed by atoms with Crippen molar-refractivity contribution in [2.24, 2.45) is 5.92 Å². The van der Waals surface area contributed by atoms with E-state index in [4.69, 9.17) is 19.4 Å². The monoisotopic (exact) mass is 585 g/mol. The molecule has 2 heterocycles. The second-order valence-electron chi connectivity index (χ2n) is 11.7. The average Bonchev–Trinajstić information content (AvgIpc) is 3.40. The van der Waals surface area contributed by atoms with E-state index in [9.17, 15) is 0 Å². The van der Waals surface area contributed by atoms with E-state index < -0.39 is 0 Å². The summed E-state index contributed by atoms with van der Waals surface area (Å²) in [6, 6.07) is 16.2. The Hall–Kier alpha value is -5.35. The first-order chi connectivity index (χ1) is 22.1. The minimum absolute atomic E-state index is 0.326. The van der Waals surface area contributed by atoms with Crippen molar-refractivity contribution in [3.63, 3.8) is 0 Å². The zero-order valence-corrected chi connectivity index (χ0v) is 25.5. The van der Waals surface area contributed by atoms with Crippen molar-refractivity contribution >= 4 is 22.6 Å². The predicted octanol–water partition coefficient (Wildman–Crippen LogP) is 10.5. The molecular weight excluding hydrogens is 550 g/mol. The van der Waals surface area contributed by atoms with Gasteiger partial charge in [-0.3, -0.25) is 0 Å². The summed E-state index contributed by atoms with van der Waals surface area (Å²) >= 11 is 0. The van der Waals surface area contributed by atoms with E-state index in [-0.39, 0.29) is 0 Å².